The van der Waals surface area contributed by atoms with Gasteiger partial charge in [-0.2, -0.15) is 0 Å². The molecule has 0 spiro atoms. The van der Waals surface area contributed by atoms with Crippen molar-refractivity contribution < 1.29 is 4.74 Å². The van der Waals surface area contributed by atoms with Crippen LogP contribution in [0.2, 0.25) is 0 Å². The molecule has 12 heavy (non-hydrogen) atoms. The number of rotatable bonds is 7. The van der Waals surface area contributed by atoms with Crippen molar-refractivity contribution in [2.45, 2.75) is 44.9 Å². The van der Waals surface area contributed by atoms with Gasteiger partial charge in [-0.1, -0.05) is 26.7 Å². The molecule has 0 saturated heterocycles. The van der Waals surface area contributed by atoms with E-state index in [0.29, 0.717) is 11.3 Å². The van der Waals surface area contributed by atoms with Crippen LogP contribution in [0.4, 0.5) is 0 Å². The van der Waals surface area contributed by atoms with E-state index < -0.39 is 0 Å². The molecular weight excluding hydrogens is 172 g/mol. The van der Waals surface area contributed by atoms with E-state index in [2.05, 4.69) is 13.8 Å². The fourth-order valence-electron chi connectivity index (χ4n) is 1.10. The number of hydrogen-bond donors (Lipinski definition) is 0. The van der Waals surface area contributed by atoms with E-state index in [4.69, 9.17) is 16.3 Å². The van der Waals surface area contributed by atoms with E-state index in [1.165, 1.54) is 12.8 Å². The zero-order valence-corrected chi connectivity index (χ0v) is 9.23. The average molecular weight is 193 g/mol. The van der Waals surface area contributed by atoms with Crippen LogP contribution in [0.25, 0.3) is 0 Å². The second-order valence-electron chi connectivity index (χ2n) is 3.60. The Labute approximate surface area is 81.4 Å². The highest BCUT2D eigenvalue weighted by molar-refractivity contribution is 6.20. The topological polar surface area (TPSA) is 9.23 Å². The molecule has 0 aromatic carbocycles. The van der Waals surface area contributed by atoms with Crippen molar-refractivity contribution in [1.82, 2.24) is 0 Å². The molecule has 0 bridgehead atoms. The van der Waals surface area contributed by atoms with Crippen LogP contribution in [0.5, 0.6) is 0 Å². The second-order valence-corrected chi connectivity index (χ2v) is 4.16. The number of ether oxygens (including phenoxy) is 1. The van der Waals surface area contributed by atoms with E-state index in [-0.39, 0.29) is 0 Å². The van der Waals surface area contributed by atoms with Crippen LogP contribution in [0.3, 0.4) is 0 Å². The minimum atomic E-state index is 0.354. The molecular formula is C10H21ClO. The Hall–Kier alpha value is 0.250. The summed E-state index contributed by atoms with van der Waals surface area (Å²) >= 11 is 6.10. The van der Waals surface area contributed by atoms with Gasteiger partial charge in [0, 0.05) is 19.1 Å². The molecule has 0 N–H and O–H groups in total. The van der Waals surface area contributed by atoms with Gasteiger partial charge in [-0.3, -0.25) is 0 Å². The smallest absolute Gasteiger partial charge is 0.0462 e. The van der Waals surface area contributed by atoms with Gasteiger partial charge in [0.1, 0.15) is 0 Å². The summed E-state index contributed by atoms with van der Waals surface area (Å²) in [7, 11) is 1.75. The molecule has 1 atom stereocenters. The first-order valence-corrected chi connectivity index (χ1v) is 5.25. The Kier molecular flexibility index (Phi) is 8.04. The first-order chi connectivity index (χ1) is 5.68. The molecule has 0 radical (unpaired) electrons. The molecule has 1 nitrogen and oxygen atoms in total. The molecule has 1 unspecified atom stereocenters. The first kappa shape index (κ1) is 12.2. The fraction of sp³-hybridized carbons (Fsp3) is 1.00. The van der Waals surface area contributed by atoms with Crippen LogP contribution < -0.4 is 0 Å². The van der Waals surface area contributed by atoms with Gasteiger partial charge >= 0.3 is 0 Å². The molecule has 74 valence electrons. The van der Waals surface area contributed by atoms with Crippen molar-refractivity contribution in [3.63, 3.8) is 0 Å². The third-order valence-electron chi connectivity index (χ3n) is 2.05. The molecule has 2 heteroatoms. The Morgan fingerprint density at radius 3 is 2.33 bits per heavy atom. The quantitative estimate of drug-likeness (QED) is 0.444. The molecule has 0 aliphatic rings. The second kappa shape index (κ2) is 7.88. The van der Waals surface area contributed by atoms with Crippen molar-refractivity contribution >= 4 is 11.6 Å². The normalized spacial score (nSPS) is 13.8. The lowest BCUT2D eigenvalue weighted by molar-refractivity contribution is 0.192. The monoisotopic (exact) mass is 192 g/mol. The Morgan fingerprint density at radius 1 is 1.17 bits per heavy atom. The summed E-state index contributed by atoms with van der Waals surface area (Å²) in [6.45, 7) is 5.23. The van der Waals surface area contributed by atoms with Gasteiger partial charge in [-0.15, -0.1) is 11.6 Å². The summed E-state index contributed by atoms with van der Waals surface area (Å²) in [6.07, 6.45) is 4.78. The molecule has 0 fully saturated rings. The fourth-order valence-corrected chi connectivity index (χ4v) is 1.25. The van der Waals surface area contributed by atoms with Gasteiger partial charge in [0.2, 0.25) is 0 Å². The number of methoxy groups -OCH3 is 1. The van der Waals surface area contributed by atoms with Crippen molar-refractivity contribution in [2.75, 3.05) is 13.7 Å². The SMILES string of the molecule is COCCCCCC(Cl)C(C)C. The number of halogens is 1. The summed E-state index contributed by atoms with van der Waals surface area (Å²) in [5, 5.41) is 0.354. The van der Waals surface area contributed by atoms with Crippen LogP contribution in [0, 0.1) is 5.92 Å². The zero-order chi connectivity index (χ0) is 9.40. The summed E-state index contributed by atoms with van der Waals surface area (Å²) in [5.74, 6) is 0.606. The van der Waals surface area contributed by atoms with Crippen LogP contribution in [-0.2, 0) is 4.74 Å². The van der Waals surface area contributed by atoms with Crippen LogP contribution >= 0.6 is 11.6 Å². The summed E-state index contributed by atoms with van der Waals surface area (Å²) in [6, 6.07) is 0. The number of unbranched alkanes of at least 4 members (excludes halogenated alkanes) is 2. The Bertz CT molecular complexity index is 93.8. The molecule has 0 saturated carbocycles. The summed E-state index contributed by atoms with van der Waals surface area (Å²) in [4.78, 5) is 0. The highest BCUT2D eigenvalue weighted by Gasteiger charge is 2.07. The highest BCUT2D eigenvalue weighted by Crippen LogP contribution is 2.16. The van der Waals surface area contributed by atoms with Crippen LogP contribution in [0.15, 0.2) is 0 Å². The maximum atomic E-state index is 6.10. The molecule has 0 aromatic rings. The molecule has 0 heterocycles. The highest BCUT2D eigenvalue weighted by atomic mass is 35.5. The van der Waals surface area contributed by atoms with E-state index in [9.17, 15) is 0 Å². The van der Waals surface area contributed by atoms with Crippen LogP contribution in [0.1, 0.15) is 39.5 Å². The lowest BCUT2D eigenvalue weighted by Gasteiger charge is -2.12. The Morgan fingerprint density at radius 2 is 1.83 bits per heavy atom. The number of alkyl halides is 1. The van der Waals surface area contributed by atoms with Gasteiger partial charge in [0.15, 0.2) is 0 Å². The van der Waals surface area contributed by atoms with Crippen molar-refractivity contribution in [3.8, 4) is 0 Å². The first-order valence-electron chi connectivity index (χ1n) is 4.81. The minimum absolute atomic E-state index is 0.354. The lowest BCUT2D eigenvalue weighted by atomic mass is 10.0. The predicted molar refractivity (Wildman–Crippen MR) is 54.8 cm³/mol. The van der Waals surface area contributed by atoms with E-state index in [1.807, 2.05) is 0 Å². The van der Waals surface area contributed by atoms with E-state index >= 15 is 0 Å². The third-order valence-corrected chi connectivity index (χ3v) is 2.77. The Balaban J connectivity index is 3.08. The van der Waals surface area contributed by atoms with Crippen LogP contribution in [-0.4, -0.2) is 19.1 Å². The van der Waals surface area contributed by atoms with Gasteiger partial charge in [0.05, 0.1) is 0 Å². The molecule has 0 amide bonds. The zero-order valence-electron chi connectivity index (χ0n) is 8.48. The lowest BCUT2D eigenvalue weighted by Crippen LogP contribution is -2.07. The van der Waals surface area contributed by atoms with Gasteiger partial charge < -0.3 is 4.74 Å². The molecule has 0 rings (SSSR count). The average Bonchev–Trinajstić information content (AvgIpc) is 2.03. The maximum absolute atomic E-state index is 6.10. The third kappa shape index (κ3) is 6.93. The summed E-state index contributed by atoms with van der Waals surface area (Å²) in [5.41, 5.74) is 0. The summed E-state index contributed by atoms with van der Waals surface area (Å²) < 4.78 is 4.96. The molecule has 0 aliphatic carbocycles. The van der Waals surface area contributed by atoms with E-state index in [1.54, 1.807) is 7.11 Å². The van der Waals surface area contributed by atoms with Crippen molar-refractivity contribution in [2.24, 2.45) is 5.92 Å². The predicted octanol–water partition coefficient (Wildman–Crippen LogP) is 3.46. The molecule has 0 aliphatic heterocycles. The maximum Gasteiger partial charge on any atom is 0.0462 e. The van der Waals surface area contributed by atoms with Crippen molar-refractivity contribution in [3.05, 3.63) is 0 Å². The van der Waals surface area contributed by atoms with Crippen molar-refractivity contribution in [1.29, 1.82) is 0 Å². The van der Waals surface area contributed by atoms with E-state index in [0.717, 1.165) is 19.4 Å². The largest absolute Gasteiger partial charge is 0.385 e. The van der Waals surface area contributed by atoms with Gasteiger partial charge in [0.25, 0.3) is 0 Å². The van der Waals surface area contributed by atoms with Gasteiger partial charge in [-0.25, -0.2) is 0 Å². The standard InChI is InChI=1S/C10H21ClO/c1-9(2)10(11)7-5-4-6-8-12-3/h9-10H,4-8H2,1-3H3. The minimum Gasteiger partial charge on any atom is -0.385 e. The number of hydrogen-bond acceptors (Lipinski definition) is 1. The van der Waals surface area contributed by atoms with Gasteiger partial charge in [-0.05, 0) is 18.8 Å². The molecule has 0 aromatic heterocycles.